The van der Waals surface area contributed by atoms with Gasteiger partial charge in [0, 0.05) is 17.1 Å². The van der Waals surface area contributed by atoms with E-state index in [1.165, 1.54) is 18.2 Å². The highest BCUT2D eigenvalue weighted by Crippen LogP contribution is 2.28. The third-order valence-corrected chi connectivity index (χ3v) is 5.72. The summed E-state index contributed by atoms with van der Waals surface area (Å²) in [4.78, 5) is 26.9. The molecule has 32 heavy (non-hydrogen) atoms. The fourth-order valence-electron chi connectivity index (χ4n) is 3.60. The summed E-state index contributed by atoms with van der Waals surface area (Å²) >= 11 is 11.0. The molecule has 0 unspecified atom stereocenters. The van der Waals surface area contributed by atoms with Crippen LogP contribution in [0.25, 0.3) is 11.8 Å². The van der Waals surface area contributed by atoms with Crippen molar-refractivity contribution >= 4 is 52.5 Å². The van der Waals surface area contributed by atoms with Crippen LogP contribution in [0.15, 0.2) is 54.1 Å². The first-order valence-electron chi connectivity index (χ1n) is 9.52. The highest BCUT2D eigenvalue weighted by atomic mass is 35.5. The molecule has 0 bridgehead atoms. The monoisotopic (exact) mass is 469 g/mol. The van der Waals surface area contributed by atoms with Gasteiger partial charge in [0.2, 0.25) is 0 Å². The lowest BCUT2D eigenvalue weighted by Gasteiger charge is -2.29. The number of phenolic OH excluding ortho intramolecular Hbond substituents is 1. The Bertz CT molecular complexity index is 1310. The van der Waals surface area contributed by atoms with Gasteiger partial charge in [-0.3, -0.25) is 19.8 Å². The number of anilines is 1. The number of halogens is 2. The number of nitrogens with one attached hydrogen (secondary N) is 1. The van der Waals surface area contributed by atoms with E-state index in [-0.39, 0.29) is 27.1 Å². The predicted octanol–water partition coefficient (Wildman–Crippen LogP) is 4.42. The zero-order chi connectivity index (χ0) is 23.2. The second kappa shape index (κ2) is 8.22. The molecule has 0 atom stereocenters. The molecule has 2 heterocycles. The van der Waals surface area contributed by atoms with Crippen molar-refractivity contribution in [1.29, 1.82) is 0 Å². The molecule has 4 rings (SSSR count). The van der Waals surface area contributed by atoms with Crippen molar-refractivity contribution in [2.75, 3.05) is 4.90 Å². The molecular formula is C23H17ClFN3O3S. The fourth-order valence-corrected chi connectivity index (χ4v) is 4.06. The number of aromatic nitrogens is 1. The summed E-state index contributed by atoms with van der Waals surface area (Å²) in [6, 6.07) is 12.3. The molecule has 1 aromatic heterocycles. The molecule has 0 saturated carbocycles. The SMILES string of the molecule is Cc1cc(/C=C2\C(=O)NC(=S)N(c3ccc(F)c(Cl)c3)C2=O)c(C)n1-c1ccc(O)cc1. The van der Waals surface area contributed by atoms with Crippen molar-refractivity contribution < 1.29 is 19.1 Å². The lowest BCUT2D eigenvalue weighted by atomic mass is 10.1. The van der Waals surface area contributed by atoms with Gasteiger partial charge in [-0.05, 0) is 86.2 Å². The Kier molecular flexibility index (Phi) is 5.58. The molecule has 1 aliphatic rings. The Labute approximate surface area is 193 Å². The maximum atomic E-state index is 13.6. The van der Waals surface area contributed by atoms with Crippen LogP contribution in [0.3, 0.4) is 0 Å². The summed E-state index contributed by atoms with van der Waals surface area (Å²) in [5.41, 5.74) is 3.29. The molecule has 162 valence electrons. The van der Waals surface area contributed by atoms with Crippen molar-refractivity contribution in [3.63, 3.8) is 0 Å². The number of carbonyl (C=O) groups is 2. The summed E-state index contributed by atoms with van der Waals surface area (Å²) in [6.45, 7) is 3.76. The van der Waals surface area contributed by atoms with Crippen LogP contribution in [0.2, 0.25) is 5.02 Å². The normalized spacial score (nSPS) is 15.4. The third-order valence-electron chi connectivity index (χ3n) is 5.14. The zero-order valence-electron chi connectivity index (χ0n) is 17.0. The number of hydrogen-bond acceptors (Lipinski definition) is 4. The summed E-state index contributed by atoms with van der Waals surface area (Å²) in [5.74, 6) is -1.75. The number of benzene rings is 2. The molecule has 1 fully saturated rings. The van der Waals surface area contributed by atoms with E-state index in [1.54, 1.807) is 24.3 Å². The van der Waals surface area contributed by atoms with Crippen molar-refractivity contribution in [2.45, 2.75) is 13.8 Å². The maximum Gasteiger partial charge on any atom is 0.270 e. The molecule has 1 saturated heterocycles. The molecule has 3 aromatic rings. The van der Waals surface area contributed by atoms with Gasteiger partial charge in [-0.15, -0.1) is 0 Å². The Hall–Kier alpha value is -3.49. The summed E-state index contributed by atoms with van der Waals surface area (Å²) in [5, 5.41) is 11.8. The number of rotatable bonds is 3. The minimum Gasteiger partial charge on any atom is -0.508 e. The van der Waals surface area contributed by atoms with Gasteiger partial charge in [0.05, 0.1) is 10.7 Å². The Morgan fingerprint density at radius 1 is 1.06 bits per heavy atom. The lowest BCUT2D eigenvalue weighted by Crippen LogP contribution is -2.54. The van der Waals surface area contributed by atoms with Crippen LogP contribution in [0, 0.1) is 19.7 Å². The van der Waals surface area contributed by atoms with Gasteiger partial charge >= 0.3 is 0 Å². The summed E-state index contributed by atoms with van der Waals surface area (Å²) < 4.78 is 15.5. The number of phenols is 1. The molecule has 6 nitrogen and oxygen atoms in total. The van der Waals surface area contributed by atoms with Crippen LogP contribution < -0.4 is 10.2 Å². The summed E-state index contributed by atoms with van der Waals surface area (Å²) in [7, 11) is 0. The van der Waals surface area contributed by atoms with Crippen LogP contribution in [0.4, 0.5) is 10.1 Å². The lowest BCUT2D eigenvalue weighted by molar-refractivity contribution is -0.122. The van der Waals surface area contributed by atoms with E-state index < -0.39 is 17.6 Å². The minimum atomic E-state index is -0.643. The van der Waals surface area contributed by atoms with Gasteiger partial charge in [-0.1, -0.05) is 11.6 Å². The maximum absolute atomic E-state index is 13.6. The molecule has 0 radical (unpaired) electrons. The zero-order valence-corrected chi connectivity index (χ0v) is 18.6. The first-order valence-corrected chi connectivity index (χ1v) is 10.3. The van der Waals surface area contributed by atoms with Crippen LogP contribution in [0.1, 0.15) is 17.0 Å². The summed E-state index contributed by atoms with van der Waals surface area (Å²) in [6.07, 6.45) is 1.50. The van der Waals surface area contributed by atoms with Gasteiger partial charge < -0.3 is 9.67 Å². The van der Waals surface area contributed by atoms with Crippen LogP contribution in [-0.2, 0) is 9.59 Å². The first-order chi connectivity index (χ1) is 15.2. The molecule has 2 amide bonds. The average Bonchev–Trinajstić information content (AvgIpc) is 3.01. The number of aromatic hydroxyl groups is 1. The molecule has 2 N–H and O–H groups in total. The number of aryl methyl sites for hydroxylation is 1. The molecule has 0 aliphatic carbocycles. The second-order valence-electron chi connectivity index (χ2n) is 7.23. The van der Waals surface area contributed by atoms with Crippen LogP contribution in [-0.4, -0.2) is 26.6 Å². The average molecular weight is 470 g/mol. The highest BCUT2D eigenvalue weighted by Gasteiger charge is 2.35. The second-order valence-corrected chi connectivity index (χ2v) is 8.03. The molecule has 9 heteroatoms. The van der Waals surface area contributed by atoms with E-state index >= 15 is 0 Å². The van der Waals surface area contributed by atoms with Crippen LogP contribution in [0.5, 0.6) is 5.75 Å². The quantitative estimate of drug-likeness (QED) is 0.338. The topological polar surface area (TPSA) is 74.6 Å². The smallest absolute Gasteiger partial charge is 0.270 e. The van der Waals surface area contributed by atoms with Gasteiger partial charge in [0.25, 0.3) is 11.8 Å². The van der Waals surface area contributed by atoms with Gasteiger partial charge in [0.15, 0.2) is 5.11 Å². The van der Waals surface area contributed by atoms with Crippen molar-refractivity contribution in [3.8, 4) is 11.4 Å². The van der Waals surface area contributed by atoms with E-state index in [9.17, 15) is 19.1 Å². The number of hydrogen-bond donors (Lipinski definition) is 2. The standard InChI is InChI=1S/C23H17ClFN3O3S/c1-12-9-14(13(2)27(12)15-3-6-17(29)7-4-15)10-18-21(30)26-23(32)28(22(18)31)16-5-8-20(25)19(24)11-16/h3-11,29H,1-2H3,(H,26,30,32)/b18-10+. The highest BCUT2D eigenvalue weighted by molar-refractivity contribution is 7.80. The van der Waals surface area contributed by atoms with Crippen molar-refractivity contribution in [1.82, 2.24) is 9.88 Å². The number of carbonyl (C=O) groups excluding carboxylic acids is 2. The molecule has 2 aromatic carbocycles. The largest absolute Gasteiger partial charge is 0.508 e. The fraction of sp³-hybridized carbons (Fsp3) is 0.0870. The number of amides is 2. The van der Waals surface area contributed by atoms with Gasteiger partial charge in [-0.25, -0.2) is 4.39 Å². The van der Waals surface area contributed by atoms with E-state index in [4.69, 9.17) is 23.8 Å². The van der Waals surface area contributed by atoms with Crippen molar-refractivity contribution in [3.05, 3.63) is 81.9 Å². The van der Waals surface area contributed by atoms with E-state index in [1.807, 2.05) is 24.5 Å². The number of thiocarbonyl (C=S) groups is 1. The Balaban J connectivity index is 1.76. The van der Waals surface area contributed by atoms with Gasteiger partial charge in [-0.2, -0.15) is 0 Å². The Morgan fingerprint density at radius 3 is 2.38 bits per heavy atom. The van der Waals surface area contributed by atoms with Crippen molar-refractivity contribution in [2.24, 2.45) is 0 Å². The number of nitrogens with zero attached hydrogens (tertiary/aromatic N) is 2. The molecular weight excluding hydrogens is 453 g/mol. The van der Waals surface area contributed by atoms with Crippen LogP contribution >= 0.6 is 23.8 Å². The third kappa shape index (κ3) is 3.79. The molecule has 1 aliphatic heterocycles. The van der Waals surface area contributed by atoms with E-state index in [0.29, 0.717) is 5.56 Å². The first kappa shape index (κ1) is 21.7. The van der Waals surface area contributed by atoms with E-state index in [0.717, 1.165) is 28.0 Å². The van der Waals surface area contributed by atoms with Gasteiger partial charge in [0.1, 0.15) is 17.1 Å². The Morgan fingerprint density at radius 2 is 1.72 bits per heavy atom. The van der Waals surface area contributed by atoms with E-state index in [2.05, 4.69) is 5.32 Å². The minimum absolute atomic E-state index is 0.116. The molecule has 0 spiro atoms. The predicted molar refractivity (Wildman–Crippen MR) is 125 cm³/mol.